The zero-order valence-electron chi connectivity index (χ0n) is 21.4. The van der Waals surface area contributed by atoms with Gasteiger partial charge in [0.25, 0.3) is 11.8 Å². The lowest BCUT2D eigenvalue weighted by molar-refractivity contribution is -0.143. The van der Waals surface area contributed by atoms with Crippen molar-refractivity contribution >= 4 is 21.7 Å². The van der Waals surface area contributed by atoms with E-state index in [1.807, 2.05) is 0 Å². The molecule has 0 spiro atoms. The van der Waals surface area contributed by atoms with Crippen molar-refractivity contribution in [2.75, 3.05) is 24.6 Å². The minimum absolute atomic E-state index is 0.0445. The SMILES string of the molecule is Cc1nc([C@H](C)NC(=O)c2cc(C(F)(F)F)cc(C(F)(F)F)c2)n(-c2ccc(C(=O)N3CCS(=O)(=O)CC3)cn2)n1. The average molecular weight is 605 g/mol. The molecule has 1 fully saturated rings. The normalized spacial score (nSPS) is 16.3. The van der Waals surface area contributed by atoms with Crippen LogP contribution in [0.3, 0.4) is 0 Å². The van der Waals surface area contributed by atoms with E-state index >= 15 is 0 Å². The molecular weight excluding hydrogens is 582 g/mol. The summed E-state index contributed by atoms with van der Waals surface area (Å²) in [5.41, 5.74) is -3.94. The predicted molar refractivity (Wildman–Crippen MR) is 131 cm³/mol. The van der Waals surface area contributed by atoms with E-state index in [0.717, 1.165) is 0 Å². The lowest BCUT2D eigenvalue weighted by atomic mass is 10.0. The van der Waals surface area contributed by atoms with Crippen LogP contribution in [0.2, 0.25) is 0 Å². The number of pyridine rings is 1. The Bertz CT molecular complexity index is 1540. The van der Waals surface area contributed by atoms with Crippen molar-refractivity contribution in [1.82, 2.24) is 30.0 Å². The van der Waals surface area contributed by atoms with Crippen LogP contribution >= 0.6 is 0 Å². The standard InChI is InChI=1S/C24H22F6N6O4S/c1-13(32-21(37)16-9-17(23(25,26)27)11-18(10-16)24(28,29)30)20-33-14(2)34-36(20)19-4-3-15(12-31-19)22(38)35-5-7-41(39,40)8-6-35/h3-4,9-13H,5-8H2,1-2H3,(H,32,37)/t13-/m0/s1. The number of rotatable bonds is 5. The van der Waals surface area contributed by atoms with E-state index in [0.29, 0.717) is 12.1 Å². The Morgan fingerprint density at radius 3 is 2.05 bits per heavy atom. The van der Waals surface area contributed by atoms with Crippen molar-refractivity contribution in [2.45, 2.75) is 32.2 Å². The number of aryl methyl sites for hydroxylation is 1. The Morgan fingerprint density at radius 1 is 0.951 bits per heavy atom. The molecule has 220 valence electrons. The van der Waals surface area contributed by atoms with Gasteiger partial charge in [-0.05, 0) is 44.2 Å². The van der Waals surface area contributed by atoms with Crippen LogP contribution in [0.15, 0.2) is 36.5 Å². The van der Waals surface area contributed by atoms with Gasteiger partial charge in [-0.3, -0.25) is 9.59 Å². The Hall–Kier alpha value is -4.02. The van der Waals surface area contributed by atoms with E-state index in [4.69, 9.17) is 0 Å². The van der Waals surface area contributed by atoms with Crippen molar-refractivity contribution in [1.29, 1.82) is 0 Å². The van der Waals surface area contributed by atoms with Gasteiger partial charge in [-0.25, -0.2) is 18.4 Å². The molecule has 1 atom stereocenters. The van der Waals surface area contributed by atoms with Crippen LogP contribution < -0.4 is 5.32 Å². The highest BCUT2D eigenvalue weighted by atomic mass is 32.2. The predicted octanol–water partition coefficient (Wildman–Crippen LogP) is 3.37. The summed E-state index contributed by atoms with van der Waals surface area (Å²) in [6.45, 7) is 3.00. The van der Waals surface area contributed by atoms with Gasteiger partial charge in [-0.2, -0.15) is 31.0 Å². The highest BCUT2D eigenvalue weighted by Crippen LogP contribution is 2.36. The molecule has 1 N–H and O–H groups in total. The smallest absolute Gasteiger partial charge is 0.342 e. The maximum absolute atomic E-state index is 13.2. The fraction of sp³-hybridized carbons (Fsp3) is 0.375. The molecule has 1 aromatic carbocycles. The van der Waals surface area contributed by atoms with E-state index in [1.54, 1.807) is 0 Å². The van der Waals surface area contributed by atoms with E-state index < -0.39 is 56.7 Å². The van der Waals surface area contributed by atoms with Crippen LogP contribution in [0, 0.1) is 6.92 Å². The fourth-order valence-electron chi connectivity index (χ4n) is 4.05. The first-order valence-corrected chi connectivity index (χ1v) is 13.8. The summed E-state index contributed by atoms with van der Waals surface area (Å²) in [6.07, 6.45) is -9.00. The van der Waals surface area contributed by atoms with Crippen molar-refractivity contribution in [3.05, 3.63) is 70.4 Å². The van der Waals surface area contributed by atoms with Gasteiger partial charge in [0.15, 0.2) is 21.5 Å². The number of hydrogen-bond donors (Lipinski definition) is 1. The largest absolute Gasteiger partial charge is 0.416 e. The Kier molecular flexibility index (Phi) is 7.86. The highest BCUT2D eigenvalue weighted by molar-refractivity contribution is 7.91. The number of nitrogens with zero attached hydrogens (tertiary/aromatic N) is 5. The summed E-state index contributed by atoms with van der Waals surface area (Å²) >= 11 is 0. The number of carbonyl (C=O) groups is 2. The summed E-state index contributed by atoms with van der Waals surface area (Å²) in [5, 5.41) is 6.53. The lowest BCUT2D eigenvalue weighted by Crippen LogP contribution is -2.43. The number of hydrogen-bond acceptors (Lipinski definition) is 7. The molecule has 1 aliphatic rings. The molecule has 17 heteroatoms. The minimum atomic E-state index is -5.12. The van der Waals surface area contributed by atoms with Crippen LogP contribution in [-0.4, -0.2) is 69.5 Å². The first-order valence-electron chi connectivity index (χ1n) is 11.9. The molecule has 1 saturated heterocycles. The second kappa shape index (κ2) is 10.8. The van der Waals surface area contributed by atoms with Crippen molar-refractivity contribution in [2.24, 2.45) is 0 Å². The molecule has 2 aromatic heterocycles. The first kappa shape index (κ1) is 30.0. The average Bonchev–Trinajstić information content (AvgIpc) is 3.29. The second-order valence-corrected chi connectivity index (χ2v) is 11.6. The summed E-state index contributed by atoms with van der Waals surface area (Å²) < 4.78 is 104. The number of sulfone groups is 1. The van der Waals surface area contributed by atoms with Crippen molar-refractivity contribution in [3.63, 3.8) is 0 Å². The van der Waals surface area contributed by atoms with Gasteiger partial charge in [0, 0.05) is 24.8 Å². The zero-order valence-corrected chi connectivity index (χ0v) is 22.2. The third-order valence-corrected chi connectivity index (χ3v) is 7.78. The molecule has 4 rings (SSSR count). The van der Waals surface area contributed by atoms with Gasteiger partial charge in [-0.15, -0.1) is 5.10 Å². The highest BCUT2D eigenvalue weighted by Gasteiger charge is 2.37. The van der Waals surface area contributed by atoms with Gasteiger partial charge in [-0.1, -0.05) is 0 Å². The van der Waals surface area contributed by atoms with E-state index in [1.165, 1.54) is 41.8 Å². The van der Waals surface area contributed by atoms with Crippen LogP contribution in [0.4, 0.5) is 26.3 Å². The first-order chi connectivity index (χ1) is 18.9. The summed E-state index contributed by atoms with van der Waals surface area (Å²) in [5.74, 6) is -1.49. The third kappa shape index (κ3) is 6.83. The molecule has 0 unspecified atom stereocenters. The van der Waals surface area contributed by atoms with Gasteiger partial charge in [0.1, 0.15) is 5.82 Å². The van der Waals surface area contributed by atoms with Gasteiger partial charge >= 0.3 is 12.4 Å². The zero-order chi connectivity index (χ0) is 30.3. The topological polar surface area (TPSA) is 127 Å². The molecule has 0 aliphatic carbocycles. The molecular formula is C24H22F6N6O4S. The van der Waals surface area contributed by atoms with Crippen molar-refractivity contribution < 1.29 is 44.3 Å². The molecule has 0 bridgehead atoms. The Balaban J connectivity index is 1.55. The number of aromatic nitrogens is 4. The molecule has 10 nitrogen and oxygen atoms in total. The minimum Gasteiger partial charge on any atom is -0.342 e. The summed E-state index contributed by atoms with van der Waals surface area (Å²) in [4.78, 5) is 35.3. The Labute approximate surface area is 229 Å². The third-order valence-electron chi connectivity index (χ3n) is 6.17. The molecule has 2 amide bonds. The van der Waals surface area contributed by atoms with Gasteiger partial charge < -0.3 is 10.2 Å². The molecule has 0 radical (unpaired) electrons. The number of halogens is 6. The van der Waals surface area contributed by atoms with Crippen molar-refractivity contribution in [3.8, 4) is 5.82 Å². The van der Waals surface area contributed by atoms with Crippen LogP contribution in [0.25, 0.3) is 5.82 Å². The Morgan fingerprint density at radius 2 is 1.54 bits per heavy atom. The maximum Gasteiger partial charge on any atom is 0.416 e. The molecule has 1 aliphatic heterocycles. The lowest BCUT2D eigenvalue weighted by Gasteiger charge is -2.26. The molecule has 3 aromatic rings. The molecule has 3 heterocycles. The van der Waals surface area contributed by atoms with Crippen LogP contribution in [0.5, 0.6) is 0 Å². The monoisotopic (exact) mass is 604 g/mol. The summed E-state index contributed by atoms with van der Waals surface area (Å²) in [7, 11) is -3.19. The number of benzene rings is 1. The van der Waals surface area contributed by atoms with Gasteiger partial charge in [0.2, 0.25) is 0 Å². The van der Waals surface area contributed by atoms with Crippen LogP contribution in [-0.2, 0) is 22.2 Å². The number of alkyl halides is 6. The number of amides is 2. The maximum atomic E-state index is 13.2. The molecule has 0 saturated carbocycles. The number of nitrogens with one attached hydrogen (secondary N) is 1. The van der Waals surface area contributed by atoms with E-state index in [9.17, 15) is 44.3 Å². The van der Waals surface area contributed by atoms with E-state index in [2.05, 4.69) is 20.4 Å². The van der Waals surface area contributed by atoms with E-state index in [-0.39, 0.29) is 53.7 Å². The quantitative estimate of drug-likeness (QED) is 0.443. The van der Waals surface area contributed by atoms with Crippen LogP contribution in [0.1, 0.15) is 56.5 Å². The number of carbonyl (C=O) groups excluding carboxylic acids is 2. The second-order valence-electron chi connectivity index (χ2n) is 9.27. The fourth-order valence-corrected chi connectivity index (χ4v) is 5.25. The van der Waals surface area contributed by atoms with Gasteiger partial charge in [0.05, 0.1) is 34.2 Å². The molecule has 41 heavy (non-hydrogen) atoms. The summed E-state index contributed by atoms with van der Waals surface area (Å²) in [6, 6.07) is 2.37.